The van der Waals surface area contributed by atoms with Gasteiger partial charge in [-0.15, -0.1) is 22.7 Å². The summed E-state index contributed by atoms with van der Waals surface area (Å²) >= 11 is 8.33. The Balaban J connectivity index is 2.19. The van der Waals surface area contributed by atoms with E-state index in [1.807, 2.05) is 11.4 Å². The number of hydrogen-bond acceptors (Lipinski definition) is 5. The van der Waals surface area contributed by atoms with Gasteiger partial charge in [-0.3, -0.25) is 0 Å². The highest BCUT2D eigenvalue weighted by atomic mass is 32.1. The minimum atomic E-state index is 0.658. The fourth-order valence-electron chi connectivity index (χ4n) is 2.13. The van der Waals surface area contributed by atoms with Crippen LogP contribution in [0.4, 0.5) is 11.4 Å². The summed E-state index contributed by atoms with van der Waals surface area (Å²) in [5.41, 5.74) is 9.65. The van der Waals surface area contributed by atoms with Crippen LogP contribution in [0.3, 0.4) is 0 Å². The largest absolute Gasteiger partial charge is 0.396 e. The molecule has 0 spiro atoms. The van der Waals surface area contributed by atoms with Gasteiger partial charge in [-0.1, -0.05) is 18.2 Å². The lowest BCUT2D eigenvalue weighted by Gasteiger charge is -2.10. The Morgan fingerprint density at radius 3 is 2.45 bits per heavy atom. The van der Waals surface area contributed by atoms with Gasteiger partial charge in [-0.2, -0.15) is 4.36 Å². The molecule has 0 aliphatic rings. The van der Waals surface area contributed by atoms with Crippen molar-refractivity contribution >= 4 is 46.5 Å². The van der Waals surface area contributed by atoms with Crippen molar-refractivity contribution < 1.29 is 0 Å². The Morgan fingerprint density at radius 2 is 1.85 bits per heavy atom. The zero-order chi connectivity index (χ0) is 14.1. The van der Waals surface area contributed by atoms with Gasteiger partial charge in [0.25, 0.3) is 0 Å². The van der Waals surface area contributed by atoms with Crippen LogP contribution in [0.2, 0.25) is 0 Å². The minimum Gasteiger partial charge on any atom is -0.396 e. The maximum atomic E-state index is 6.28. The van der Waals surface area contributed by atoms with E-state index in [1.165, 1.54) is 4.88 Å². The lowest BCUT2D eigenvalue weighted by molar-refractivity contribution is 1.56. The molecular formula is C15H12N2S3. The van der Waals surface area contributed by atoms with Crippen LogP contribution in [-0.2, 0) is 12.4 Å². The highest BCUT2D eigenvalue weighted by Crippen LogP contribution is 2.43. The molecule has 20 heavy (non-hydrogen) atoms. The number of rotatable bonds is 3. The molecule has 0 aliphatic carbocycles. The smallest absolute Gasteiger partial charge is 0.109 e. The topological polar surface area (TPSA) is 38.4 Å². The molecule has 0 atom stereocenters. The van der Waals surface area contributed by atoms with Crippen molar-refractivity contribution in [1.29, 1.82) is 0 Å². The summed E-state index contributed by atoms with van der Waals surface area (Å²) in [6.07, 6.45) is 0. The molecule has 3 rings (SSSR count). The molecule has 1 aromatic carbocycles. The Kier molecular flexibility index (Phi) is 3.65. The highest BCUT2D eigenvalue weighted by molar-refractivity contribution is 7.47. The standard InChI is InChI=1S/C15H12N2S3/c1-9-4-7-13(20-9)11-6-5-10(12-3-2-8-19-12)14(16)15(11)17-18/h2-8H,16H2,1H3. The Labute approximate surface area is 131 Å². The molecule has 0 amide bonds. The van der Waals surface area contributed by atoms with Crippen LogP contribution in [0.1, 0.15) is 4.88 Å². The first-order valence-corrected chi connectivity index (χ1v) is 8.13. The number of aryl methyl sites for hydroxylation is 1. The summed E-state index contributed by atoms with van der Waals surface area (Å²) in [5.74, 6) is 0. The monoisotopic (exact) mass is 316 g/mol. The fraction of sp³-hybridized carbons (Fsp3) is 0.0667. The van der Waals surface area contributed by atoms with Crippen molar-refractivity contribution in [3.8, 4) is 20.9 Å². The van der Waals surface area contributed by atoms with Gasteiger partial charge in [0.2, 0.25) is 0 Å². The van der Waals surface area contributed by atoms with Gasteiger partial charge in [0.1, 0.15) is 5.69 Å². The molecular weight excluding hydrogens is 304 g/mol. The zero-order valence-electron chi connectivity index (χ0n) is 10.8. The van der Waals surface area contributed by atoms with E-state index in [9.17, 15) is 0 Å². The zero-order valence-corrected chi connectivity index (χ0v) is 13.2. The predicted octanol–water partition coefficient (Wildman–Crippen LogP) is 5.40. The van der Waals surface area contributed by atoms with Crippen LogP contribution in [0, 0.1) is 6.92 Å². The van der Waals surface area contributed by atoms with Crippen molar-refractivity contribution in [2.75, 3.05) is 5.73 Å². The number of nitrogen functional groups attached to an aromatic ring is 1. The molecule has 100 valence electrons. The third kappa shape index (κ3) is 2.28. The maximum Gasteiger partial charge on any atom is 0.109 e. The minimum absolute atomic E-state index is 0.658. The highest BCUT2D eigenvalue weighted by Gasteiger charge is 2.14. The van der Waals surface area contributed by atoms with Gasteiger partial charge >= 0.3 is 0 Å². The van der Waals surface area contributed by atoms with Crippen LogP contribution < -0.4 is 5.73 Å². The SMILES string of the molecule is Cc1ccc(-c2ccc(-c3cccs3)c(N)c2N=S)s1. The number of anilines is 1. The predicted molar refractivity (Wildman–Crippen MR) is 91.7 cm³/mol. The van der Waals surface area contributed by atoms with E-state index in [1.54, 1.807) is 22.7 Å². The Hall–Kier alpha value is -1.56. The van der Waals surface area contributed by atoms with Gasteiger partial charge in [0.15, 0.2) is 0 Å². The molecule has 0 unspecified atom stereocenters. The quantitative estimate of drug-likeness (QED) is 0.657. The summed E-state index contributed by atoms with van der Waals surface area (Å²) in [4.78, 5) is 3.54. The molecule has 2 N–H and O–H groups in total. The Bertz CT molecular complexity index is 758. The number of nitrogens with zero attached hydrogens (tertiary/aromatic N) is 1. The molecule has 0 saturated carbocycles. The second kappa shape index (κ2) is 5.44. The van der Waals surface area contributed by atoms with Crippen molar-refractivity contribution in [2.45, 2.75) is 6.92 Å². The second-order valence-corrected chi connectivity index (χ2v) is 6.82. The summed E-state index contributed by atoms with van der Waals surface area (Å²) in [7, 11) is 0. The molecule has 5 heteroatoms. The van der Waals surface area contributed by atoms with Crippen molar-refractivity contribution in [1.82, 2.24) is 0 Å². The lowest BCUT2D eigenvalue weighted by atomic mass is 10.0. The van der Waals surface area contributed by atoms with Gasteiger partial charge in [-0.05, 0) is 30.5 Å². The first-order chi connectivity index (χ1) is 9.70. The van der Waals surface area contributed by atoms with Crippen LogP contribution in [0.5, 0.6) is 0 Å². The fourth-order valence-corrected chi connectivity index (χ4v) is 3.99. The summed E-state index contributed by atoms with van der Waals surface area (Å²) in [6.45, 7) is 2.09. The van der Waals surface area contributed by atoms with Gasteiger partial charge in [-0.25, -0.2) is 0 Å². The molecule has 0 radical (unpaired) electrons. The number of nitrogens with two attached hydrogens (primary N) is 1. The van der Waals surface area contributed by atoms with Gasteiger partial charge < -0.3 is 5.73 Å². The van der Waals surface area contributed by atoms with E-state index in [0.29, 0.717) is 11.4 Å². The molecule has 2 aromatic heterocycles. The maximum absolute atomic E-state index is 6.28. The molecule has 0 bridgehead atoms. The van der Waals surface area contributed by atoms with Crippen LogP contribution in [-0.4, -0.2) is 0 Å². The number of thiophene rings is 2. The van der Waals surface area contributed by atoms with Crippen LogP contribution in [0.25, 0.3) is 20.9 Å². The molecule has 0 fully saturated rings. The van der Waals surface area contributed by atoms with Crippen molar-refractivity contribution in [2.24, 2.45) is 4.36 Å². The summed E-state index contributed by atoms with van der Waals surface area (Å²) in [6, 6.07) is 12.4. The first-order valence-electron chi connectivity index (χ1n) is 6.07. The van der Waals surface area contributed by atoms with E-state index in [4.69, 9.17) is 18.2 Å². The average molecular weight is 316 g/mol. The van der Waals surface area contributed by atoms with E-state index in [2.05, 4.69) is 41.6 Å². The first kappa shape index (κ1) is 13.4. The lowest BCUT2D eigenvalue weighted by Crippen LogP contribution is -1.91. The summed E-state index contributed by atoms with van der Waals surface area (Å²) in [5, 5.41) is 2.04. The van der Waals surface area contributed by atoms with Gasteiger partial charge in [0, 0.05) is 38.2 Å². The summed E-state index contributed by atoms with van der Waals surface area (Å²) < 4.78 is 4.00. The molecule has 2 nitrogen and oxygen atoms in total. The van der Waals surface area contributed by atoms with Gasteiger partial charge in [0.05, 0.1) is 5.69 Å². The van der Waals surface area contributed by atoms with Crippen LogP contribution >= 0.6 is 22.7 Å². The van der Waals surface area contributed by atoms with E-state index < -0.39 is 0 Å². The van der Waals surface area contributed by atoms with Crippen molar-refractivity contribution in [3.63, 3.8) is 0 Å². The van der Waals surface area contributed by atoms with Crippen LogP contribution in [0.15, 0.2) is 46.1 Å². The Morgan fingerprint density at radius 1 is 1.05 bits per heavy atom. The second-order valence-electron chi connectivity index (χ2n) is 4.40. The normalized spacial score (nSPS) is 10.7. The molecule has 0 saturated heterocycles. The number of benzene rings is 1. The van der Waals surface area contributed by atoms with Crippen molar-refractivity contribution in [3.05, 3.63) is 46.7 Å². The molecule has 2 heterocycles. The third-order valence-corrected chi connectivity index (χ3v) is 5.22. The molecule has 0 aliphatic heterocycles. The average Bonchev–Trinajstić information content (AvgIpc) is 3.09. The third-order valence-electron chi connectivity index (χ3n) is 3.10. The number of hydrogen-bond donors (Lipinski definition) is 1. The molecule has 3 aromatic rings. The van der Waals surface area contributed by atoms with E-state index in [-0.39, 0.29) is 0 Å². The van der Waals surface area contributed by atoms with E-state index in [0.717, 1.165) is 20.9 Å². The van der Waals surface area contributed by atoms with E-state index >= 15 is 0 Å².